The Bertz CT molecular complexity index is 692. The standard InChI is InChI=1S/C15H15ClFNO2S/c16-10-11-18(12-13-6-2-1-3-7-13)21(19,20)15-9-5-4-8-14(15)17/h1-9H,10-12H2. The molecule has 0 aliphatic rings. The van der Waals surface area contributed by atoms with Crippen molar-refractivity contribution in [2.75, 3.05) is 12.4 Å². The molecular weight excluding hydrogens is 313 g/mol. The van der Waals surface area contributed by atoms with E-state index in [1.54, 1.807) is 0 Å². The number of alkyl halides is 1. The van der Waals surface area contributed by atoms with Gasteiger partial charge in [0, 0.05) is 19.0 Å². The molecule has 6 heteroatoms. The Morgan fingerprint density at radius 2 is 1.62 bits per heavy atom. The minimum atomic E-state index is -3.92. The first-order valence-electron chi connectivity index (χ1n) is 6.40. The van der Waals surface area contributed by atoms with E-state index in [1.807, 2.05) is 30.3 Å². The van der Waals surface area contributed by atoms with Gasteiger partial charge in [0.05, 0.1) is 0 Å². The number of halogens is 2. The van der Waals surface area contributed by atoms with Crippen LogP contribution in [0.5, 0.6) is 0 Å². The smallest absolute Gasteiger partial charge is 0.207 e. The summed E-state index contributed by atoms with van der Waals surface area (Å²) >= 11 is 5.70. The summed E-state index contributed by atoms with van der Waals surface area (Å²) in [5, 5.41) is 0. The number of nitrogens with zero attached hydrogens (tertiary/aromatic N) is 1. The Labute approximate surface area is 129 Å². The van der Waals surface area contributed by atoms with Gasteiger partial charge in [-0.2, -0.15) is 4.31 Å². The van der Waals surface area contributed by atoms with Crippen molar-refractivity contribution in [3.05, 3.63) is 66.0 Å². The maximum atomic E-state index is 13.8. The molecular formula is C15H15ClFNO2S. The first-order chi connectivity index (χ1) is 10.1. The lowest BCUT2D eigenvalue weighted by Gasteiger charge is -2.21. The van der Waals surface area contributed by atoms with Crippen LogP contribution in [0.15, 0.2) is 59.5 Å². The van der Waals surface area contributed by atoms with Crippen molar-refractivity contribution in [1.29, 1.82) is 0 Å². The second-order valence-electron chi connectivity index (χ2n) is 4.44. The summed E-state index contributed by atoms with van der Waals surface area (Å²) < 4.78 is 40.1. The fourth-order valence-corrected chi connectivity index (χ4v) is 3.76. The quantitative estimate of drug-likeness (QED) is 0.764. The average Bonchev–Trinajstić information content (AvgIpc) is 2.48. The molecule has 0 bridgehead atoms. The third-order valence-electron chi connectivity index (χ3n) is 2.99. The van der Waals surface area contributed by atoms with Crippen LogP contribution in [0.3, 0.4) is 0 Å². The zero-order valence-electron chi connectivity index (χ0n) is 11.2. The molecule has 2 aromatic carbocycles. The van der Waals surface area contributed by atoms with E-state index in [0.717, 1.165) is 11.6 Å². The lowest BCUT2D eigenvalue weighted by atomic mass is 10.2. The number of rotatable bonds is 6. The third kappa shape index (κ3) is 3.81. The first-order valence-corrected chi connectivity index (χ1v) is 8.37. The van der Waals surface area contributed by atoms with Crippen LogP contribution < -0.4 is 0 Å². The maximum Gasteiger partial charge on any atom is 0.246 e. The van der Waals surface area contributed by atoms with Gasteiger partial charge < -0.3 is 0 Å². The second-order valence-corrected chi connectivity index (χ2v) is 6.73. The van der Waals surface area contributed by atoms with Crippen LogP contribution in [0.2, 0.25) is 0 Å². The highest BCUT2D eigenvalue weighted by molar-refractivity contribution is 7.89. The third-order valence-corrected chi connectivity index (χ3v) is 5.04. The molecule has 0 aliphatic heterocycles. The lowest BCUT2D eigenvalue weighted by molar-refractivity contribution is 0.421. The molecule has 2 aromatic rings. The van der Waals surface area contributed by atoms with Crippen molar-refractivity contribution >= 4 is 21.6 Å². The van der Waals surface area contributed by atoms with Gasteiger partial charge in [0.1, 0.15) is 10.7 Å². The van der Waals surface area contributed by atoms with Crippen molar-refractivity contribution in [2.24, 2.45) is 0 Å². The van der Waals surface area contributed by atoms with Gasteiger partial charge in [0.2, 0.25) is 10.0 Å². The van der Waals surface area contributed by atoms with E-state index in [2.05, 4.69) is 0 Å². The molecule has 3 nitrogen and oxygen atoms in total. The summed E-state index contributed by atoms with van der Waals surface area (Å²) in [6.07, 6.45) is 0. The van der Waals surface area contributed by atoms with Crippen molar-refractivity contribution in [1.82, 2.24) is 4.31 Å². The van der Waals surface area contributed by atoms with Crippen LogP contribution in [-0.4, -0.2) is 25.1 Å². The van der Waals surface area contributed by atoms with E-state index in [1.165, 1.54) is 22.5 Å². The van der Waals surface area contributed by atoms with Crippen molar-refractivity contribution in [3.8, 4) is 0 Å². The van der Waals surface area contributed by atoms with Gasteiger partial charge in [-0.1, -0.05) is 42.5 Å². The van der Waals surface area contributed by atoms with Gasteiger partial charge in [-0.15, -0.1) is 11.6 Å². The second kappa shape index (κ2) is 7.02. The number of hydrogen-bond donors (Lipinski definition) is 0. The molecule has 0 N–H and O–H groups in total. The molecule has 0 spiro atoms. The van der Waals surface area contributed by atoms with E-state index < -0.39 is 15.8 Å². The Morgan fingerprint density at radius 3 is 2.24 bits per heavy atom. The predicted molar refractivity (Wildman–Crippen MR) is 81.2 cm³/mol. The molecule has 0 amide bonds. The molecule has 0 unspecified atom stereocenters. The van der Waals surface area contributed by atoms with Crippen LogP contribution in [0, 0.1) is 5.82 Å². The van der Waals surface area contributed by atoms with Gasteiger partial charge in [-0.3, -0.25) is 0 Å². The minimum absolute atomic E-state index is 0.118. The zero-order chi connectivity index (χ0) is 15.3. The van der Waals surface area contributed by atoms with Gasteiger partial charge in [-0.25, -0.2) is 12.8 Å². The van der Waals surface area contributed by atoms with Gasteiger partial charge in [0.15, 0.2) is 0 Å². The summed E-state index contributed by atoms with van der Waals surface area (Å²) in [6.45, 7) is 0.275. The Kier molecular flexibility index (Phi) is 5.33. The van der Waals surface area contributed by atoms with E-state index >= 15 is 0 Å². The van der Waals surface area contributed by atoms with Crippen molar-refractivity contribution < 1.29 is 12.8 Å². The van der Waals surface area contributed by atoms with Gasteiger partial charge in [0.25, 0.3) is 0 Å². The topological polar surface area (TPSA) is 37.4 Å². The fourth-order valence-electron chi connectivity index (χ4n) is 1.96. The number of hydrogen-bond acceptors (Lipinski definition) is 2. The first kappa shape index (κ1) is 15.9. The molecule has 0 fully saturated rings. The van der Waals surface area contributed by atoms with Gasteiger partial charge >= 0.3 is 0 Å². The average molecular weight is 328 g/mol. The van der Waals surface area contributed by atoms with Crippen LogP contribution in [0.4, 0.5) is 4.39 Å². The van der Waals surface area contributed by atoms with E-state index in [0.29, 0.717) is 0 Å². The highest BCUT2D eigenvalue weighted by atomic mass is 35.5. The van der Waals surface area contributed by atoms with Crippen LogP contribution in [0.25, 0.3) is 0 Å². The van der Waals surface area contributed by atoms with Crippen LogP contribution >= 0.6 is 11.6 Å². The SMILES string of the molecule is O=S(=O)(c1ccccc1F)N(CCCl)Cc1ccccc1. The minimum Gasteiger partial charge on any atom is -0.207 e. The Morgan fingerprint density at radius 1 is 1.00 bits per heavy atom. The Hall–Kier alpha value is -1.43. The van der Waals surface area contributed by atoms with E-state index in [9.17, 15) is 12.8 Å². The summed E-state index contributed by atoms with van der Waals surface area (Å²) in [6, 6.07) is 14.5. The molecule has 0 aliphatic carbocycles. The highest BCUT2D eigenvalue weighted by Gasteiger charge is 2.26. The van der Waals surface area contributed by atoms with E-state index in [4.69, 9.17) is 11.6 Å². The molecule has 0 aromatic heterocycles. The molecule has 0 radical (unpaired) electrons. The predicted octanol–water partition coefficient (Wildman–Crippen LogP) is 3.26. The normalized spacial score (nSPS) is 11.8. The van der Waals surface area contributed by atoms with Crippen molar-refractivity contribution in [2.45, 2.75) is 11.4 Å². The highest BCUT2D eigenvalue weighted by Crippen LogP contribution is 2.21. The van der Waals surface area contributed by atoms with Crippen molar-refractivity contribution in [3.63, 3.8) is 0 Å². The molecule has 2 rings (SSSR count). The maximum absolute atomic E-state index is 13.8. The summed E-state index contributed by atoms with van der Waals surface area (Å²) in [5.41, 5.74) is 0.822. The fraction of sp³-hybridized carbons (Fsp3) is 0.200. The van der Waals surface area contributed by atoms with E-state index in [-0.39, 0.29) is 23.9 Å². The monoisotopic (exact) mass is 327 g/mol. The molecule has 0 heterocycles. The summed E-state index contributed by atoms with van der Waals surface area (Å²) in [4.78, 5) is -0.328. The number of sulfonamides is 1. The lowest BCUT2D eigenvalue weighted by Crippen LogP contribution is -2.33. The molecule has 0 atom stereocenters. The molecule has 112 valence electrons. The Balaban J connectivity index is 2.35. The number of benzene rings is 2. The van der Waals surface area contributed by atoms with Crippen LogP contribution in [-0.2, 0) is 16.6 Å². The summed E-state index contributed by atoms with van der Waals surface area (Å²) in [7, 11) is -3.92. The zero-order valence-corrected chi connectivity index (χ0v) is 12.8. The molecule has 0 saturated heterocycles. The molecule has 21 heavy (non-hydrogen) atoms. The largest absolute Gasteiger partial charge is 0.246 e. The van der Waals surface area contributed by atoms with Gasteiger partial charge in [-0.05, 0) is 17.7 Å². The molecule has 0 saturated carbocycles. The van der Waals surface area contributed by atoms with Crippen LogP contribution in [0.1, 0.15) is 5.56 Å². The summed E-state index contributed by atoms with van der Waals surface area (Å²) in [5.74, 6) is -0.620.